The van der Waals surface area contributed by atoms with Crippen LogP contribution in [0.2, 0.25) is 0 Å². The predicted molar refractivity (Wildman–Crippen MR) is 73.3 cm³/mol. The van der Waals surface area contributed by atoms with Crippen LogP contribution < -0.4 is 11.1 Å². The third-order valence-electron chi connectivity index (χ3n) is 4.06. The van der Waals surface area contributed by atoms with Gasteiger partial charge >= 0.3 is 0 Å². The number of nitrogens with two attached hydrogens (primary N) is 1. The number of rotatable bonds is 6. The quantitative estimate of drug-likeness (QED) is 0.763. The zero-order valence-electron chi connectivity index (χ0n) is 12.0. The molecule has 0 aromatic heterocycles. The smallest absolute Gasteiger partial charge is 0.237 e. The fourth-order valence-corrected chi connectivity index (χ4v) is 2.64. The van der Waals surface area contributed by atoms with Crippen molar-refractivity contribution in [2.75, 3.05) is 6.61 Å². The van der Waals surface area contributed by atoms with Gasteiger partial charge in [-0.15, -0.1) is 0 Å². The van der Waals surface area contributed by atoms with Gasteiger partial charge in [-0.1, -0.05) is 27.2 Å². The van der Waals surface area contributed by atoms with Crippen molar-refractivity contribution in [2.24, 2.45) is 5.73 Å². The van der Waals surface area contributed by atoms with E-state index < -0.39 is 0 Å². The molecular formula is C14H28N2O2. The van der Waals surface area contributed by atoms with Crippen LogP contribution in [-0.2, 0) is 9.53 Å². The first kappa shape index (κ1) is 15.4. The maximum atomic E-state index is 11.9. The molecule has 2 atom stereocenters. The summed E-state index contributed by atoms with van der Waals surface area (Å²) in [5.41, 5.74) is 5.78. The maximum Gasteiger partial charge on any atom is 0.237 e. The predicted octanol–water partition coefficient (Wildman–Crippen LogP) is 1.97. The fraction of sp³-hybridized carbons (Fsp3) is 0.929. The van der Waals surface area contributed by atoms with Crippen LogP contribution in [0.1, 0.15) is 59.3 Å². The molecule has 0 aromatic rings. The number of hydrogen-bond acceptors (Lipinski definition) is 3. The molecule has 3 N–H and O–H groups in total. The van der Waals surface area contributed by atoms with Gasteiger partial charge in [0, 0.05) is 12.6 Å². The molecule has 0 spiro atoms. The SMILES string of the molecule is CCC[C@H](N)C(=O)NC1CCOC(CC)(CC)C1. The Bertz CT molecular complexity index is 265. The second kappa shape index (κ2) is 7.10. The summed E-state index contributed by atoms with van der Waals surface area (Å²) in [6.45, 7) is 7.07. The minimum Gasteiger partial charge on any atom is -0.375 e. The van der Waals surface area contributed by atoms with E-state index >= 15 is 0 Å². The lowest BCUT2D eigenvalue weighted by Gasteiger charge is -2.40. The van der Waals surface area contributed by atoms with E-state index in [0.717, 1.165) is 45.1 Å². The second-order valence-electron chi connectivity index (χ2n) is 5.33. The average molecular weight is 256 g/mol. The number of ether oxygens (including phenoxy) is 1. The zero-order chi connectivity index (χ0) is 13.6. The van der Waals surface area contributed by atoms with E-state index in [1.54, 1.807) is 0 Å². The van der Waals surface area contributed by atoms with Crippen LogP contribution in [0.5, 0.6) is 0 Å². The summed E-state index contributed by atoms with van der Waals surface area (Å²) in [4.78, 5) is 11.9. The zero-order valence-corrected chi connectivity index (χ0v) is 12.0. The highest BCUT2D eigenvalue weighted by atomic mass is 16.5. The highest BCUT2D eigenvalue weighted by Crippen LogP contribution is 2.31. The van der Waals surface area contributed by atoms with Gasteiger partial charge in [-0.3, -0.25) is 4.79 Å². The van der Waals surface area contributed by atoms with E-state index in [4.69, 9.17) is 10.5 Å². The van der Waals surface area contributed by atoms with Crippen molar-refractivity contribution in [2.45, 2.75) is 77.0 Å². The first-order chi connectivity index (χ1) is 8.56. The van der Waals surface area contributed by atoms with Crippen molar-refractivity contribution in [3.63, 3.8) is 0 Å². The molecule has 4 heteroatoms. The summed E-state index contributed by atoms with van der Waals surface area (Å²) < 4.78 is 5.90. The van der Waals surface area contributed by atoms with Crippen LogP contribution in [0.25, 0.3) is 0 Å². The lowest BCUT2D eigenvalue weighted by atomic mass is 9.86. The van der Waals surface area contributed by atoms with Crippen LogP contribution >= 0.6 is 0 Å². The van der Waals surface area contributed by atoms with Crippen molar-refractivity contribution in [3.8, 4) is 0 Å². The molecule has 106 valence electrons. The van der Waals surface area contributed by atoms with Gasteiger partial charge in [0.15, 0.2) is 0 Å². The van der Waals surface area contributed by atoms with Crippen LogP contribution in [-0.4, -0.2) is 30.2 Å². The Balaban J connectivity index is 2.49. The standard InChI is InChI=1S/C14H28N2O2/c1-4-7-12(15)13(17)16-11-8-9-18-14(5-2,6-3)10-11/h11-12H,4-10,15H2,1-3H3,(H,16,17)/t11?,12-/m0/s1. The molecule has 1 saturated heterocycles. The molecule has 0 bridgehead atoms. The lowest BCUT2D eigenvalue weighted by molar-refractivity contribution is -0.127. The van der Waals surface area contributed by atoms with E-state index in [1.807, 2.05) is 6.92 Å². The minimum absolute atomic E-state index is 0.00939. The molecule has 1 rings (SSSR count). The van der Waals surface area contributed by atoms with Gasteiger partial charge in [-0.2, -0.15) is 0 Å². The van der Waals surface area contributed by atoms with Gasteiger partial charge in [-0.05, 0) is 32.1 Å². The van der Waals surface area contributed by atoms with Crippen LogP contribution in [0.15, 0.2) is 0 Å². The third kappa shape index (κ3) is 3.95. The first-order valence-electron chi connectivity index (χ1n) is 7.26. The molecule has 1 aliphatic rings. The molecule has 18 heavy (non-hydrogen) atoms. The van der Waals surface area contributed by atoms with E-state index in [2.05, 4.69) is 19.2 Å². The topological polar surface area (TPSA) is 64.4 Å². The molecule has 1 heterocycles. The van der Waals surface area contributed by atoms with Crippen molar-refractivity contribution in [1.29, 1.82) is 0 Å². The van der Waals surface area contributed by atoms with Crippen LogP contribution in [0.3, 0.4) is 0 Å². The molecular weight excluding hydrogens is 228 g/mol. The highest BCUT2D eigenvalue weighted by Gasteiger charge is 2.35. The minimum atomic E-state index is -0.365. The summed E-state index contributed by atoms with van der Waals surface area (Å²) in [5.74, 6) is -0.00939. The molecule has 0 aromatic carbocycles. The number of nitrogens with one attached hydrogen (secondary N) is 1. The lowest BCUT2D eigenvalue weighted by Crippen LogP contribution is -2.51. The summed E-state index contributed by atoms with van der Waals surface area (Å²) in [5, 5.41) is 3.08. The summed E-state index contributed by atoms with van der Waals surface area (Å²) in [7, 11) is 0. The molecule has 0 radical (unpaired) electrons. The third-order valence-corrected chi connectivity index (χ3v) is 4.06. The average Bonchev–Trinajstić information content (AvgIpc) is 2.39. The van der Waals surface area contributed by atoms with Crippen molar-refractivity contribution < 1.29 is 9.53 Å². The number of carbonyl (C=O) groups excluding carboxylic acids is 1. The molecule has 1 amide bonds. The Hall–Kier alpha value is -0.610. The Morgan fingerprint density at radius 1 is 1.44 bits per heavy atom. The van der Waals surface area contributed by atoms with E-state index in [1.165, 1.54) is 0 Å². The number of hydrogen-bond donors (Lipinski definition) is 2. The number of carbonyl (C=O) groups is 1. The van der Waals surface area contributed by atoms with Crippen LogP contribution in [0.4, 0.5) is 0 Å². The summed E-state index contributed by atoms with van der Waals surface area (Å²) in [6, 6.07) is -0.149. The van der Waals surface area contributed by atoms with Crippen molar-refractivity contribution in [3.05, 3.63) is 0 Å². The van der Waals surface area contributed by atoms with Gasteiger partial charge in [0.05, 0.1) is 11.6 Å². The fourth-order valence-electron chi connectivity index (χ4n) is 2.64. The molecule has 0 saturated carbocycles. The normalized spacial score (nSPS) is 24.6. The van der Waals surface area contributed by atoms with Crippen molar-refractivity contribution >= 4 is 5.91 Å². The summed E-state index contributed by atoms with van der Waals surface area (Å²) in [6.07, 6.45) is 5.49. The molecule has 0 aliphatic carbocycles. The van der Waals surface area contributed by atoms with E-state index in [-0.39, 0.29) is 23.6 Å². The van der Waals surface area contributed by atoms with Gasteiger partial charge in [-0.25, -0.2) is 0 Å². The monoisotopic (exact) mass is 256 g/mol. The molecule has 1 fully saturated rings. The van der Waals surface area contributed by atoms with Gasteiger partial charge in [0.2, 0.25) is 5.91 Å². The molecule has 1 aliphatic heterocycles. The van der Waals surface area contributed by atoms with Gasteiger partial charge < -0.3 is 15.8 Å². The van der Waals surface area contributed by atoms with E-state index in [0.29, 0.717) is 0 Å². The van der Waals surface area contributed by atoms with Gasteiger partial charge in [0.25, 0.3) is 0 Å². The Morgan fingerprint density at radius 3 is 2.67 bits per heavy atom. The van der Waals surface area contributed by atoms with E-state index in [9.17, 15) is 4.79 Å². The maximum absolute atomic E-state index is 11.9. The summed E-state index contributed by atoms with van der Waals surface area (Å²) >= 11 is 0. The highest BCUT2D eigenvalue weighted by molar-refractivity contribution is 5.81. The van der Waals surface area contributed by atoms with Crippen LogP contribution in [0, 0.1) is 0 Å². The van der Waals surface area contributed by atoms with Crippen molar-refractivity contribution in [1.82, 2.24) is 5.32 Å². The molecule has 4 nitrogen and oxygen atoms in total. The second-order valence-corrected chi connectivity index (χ2v) is 5.33. The Labute approximate surface area is 111 Å². The first-order valence-corrected chi connectivity index (χ1v) is 7.26. The number of amides is 1. The van der Waals surface area contributed by atoms with Gasteiger partial charge in [0.1, 0.15) is 0 Å². The Kier molecular flexibility index (Phi) is 6.09. The largest absolute Gasteiger partial charge is 0.375 e. The molecule has 1 unspecified atom stereocenters. The Morgan fingerprint density at radius 2 is 2.11 bits per heavy atom.